The molecule has 4 nitrogen and oxygen atoms in total. The largest absolute Gasteiger partial charge is 0.417 e. The molecule has 1 heterocycles. The van der Waals surface area contributed by atoms with E-state index in [0.29, 0.717) is 6.61 Å². The second-order valence-corrected chi connectivity index (χ2v) is 30.0. The van der Waals surface area contributed by atoms with Crippen LogP contribution in [-0.4, -0.2) is 56.0 Å². The minimum absolute atomic E-state index is 0.00411. The molecule has 0 amide bonds. The van der Waals surface area contributed by atoms with E-state index in [-0.39, 0.29) is 45.4 Å². The van der Waals surface area contributed by atoms with Crippen LogP contribution in [0.2, 0.25) is 54.4 Å². The predicted octanol–water partition coefficient (Wildman–Crippen LogP) is 9.16. The van der Waals surface area contributed by atoms with E-state index in [1.165, 1.54) is 0 Å². The molecular weight excluding hydrogens is 497 g/mol. The van der Waals surface area contributed by atoms with Crippen LogP contribution >= 0.6 is 0 Å². The first-order valence-electron chi connectivity index (χ1n) is 14.1. The van der Waals surface area contributed by atoms with Crippen LogP contribution in [0.1, 0.15) is 82.1 Å². The van der Waals surface area contributed by atoms with E-state index in [2.05, 4.69) is 115 Å². The zero-order chi connectivity index (χ0) is 28.5. The Bertz CT molecular complexity index is 714. The highest BCUT2D eigenvalue weighted by molar-refractivity contribution is 6.75. The highest BCUT2D eigenvalue weighted by atomic mass is 28.4. The number of ether oxygens (including phenoxy) is 1. The molecule has 0 aromatic heterocycles. The lowest BCUT2D eigenvalue weighted by Gasteiger charge is -2.50. The van der Waals surface area contributed by atoms with Crippen molar-refractivity contribution >= 4 is 25.0 Å². The summed E-state index contributed by atoms with van der Waals surface area (Å²) in [6.07, 6.45) is 3.73. The van der Waals surface area contributed by atoms with Gasteiger partial charge < -0.3 is 18.0 Å². The molecule has 1 aliphatic rings. The lowest BCUT2D eigenvalue weighted by atomic mass is 9.90. The van der Waals surface area contributed by atoms with E-state index in [0.717, 1.165) is 12.8 Å². The molecule has 5 atom stereocenters. The maximum atomic E-state index is 7.08. The highest BCUT2D eigenvalue weighted by Gasteiger charge is 2.49. The Morgan fingerprint density at radius 2 is 1.19 bits per heavy atom. The van der Waals surface area contributed by atoms with Gasteiger partial charge in [0.25, 0.3) is 0 Å². The summed E-state index contributed by atoms with van der Waals surface area (Å²) in [5.74, 6) is 0.206. The highest BCUT2D eigenvalue weighted by Crippen LogP contribution is 2.44. The predicted molar refractivity (Wildman–Crippen MR) is 165 cm³/mol. The van der Waals surface area contributed by atoms with E-state index >= 15 is 0 Å². The van der Waals surface area contributed by atoms with Crippen molar-refractivity contribution in [1.29, 1.82) is 0 Å². The zero-order valence-corrected chi connectivity index (χ0v) is 29.9. The molecule has 0 aliphatic carbocycles. The molecule has 1 aliphatic heterocycles. The van der Waals surface area contributed by atoms with Gasteiger partial charge in [-0.2, -0.15) is 0 Å². The molecule has 0 radical (unpaired) electrons. The molecular formula is C29H62O4Si3. The van der Waals surface area contributed by atoms with Crippen LogP contribution in [0.5, 0.6) is 0 Å². The molecule has 0 bridgehead atoms. The Hall–Kier alpha value is 0.231. The van der Waals surface area contributed by atoms with Crippen molar-refractivity contribution < 1.29 is 18.0 Å². The van der Waals surface area contributed by atoms with Crippen LogP contribution < -0.4 is 0 Å². The lowest BCUT2D eigenvalue weighted by Crippen LogP contribution is -2.58. The summed E-state index contributed by atoms with van der Waals surface area (Å²) in [6.45, 7) is 41.8. The molecule has 36 heavy (non-hydrogen) atoms. The molecule has 0 unspecified atom stereocenters. The average Bonchev–Trinajstić information content (AvgIpc) is 2.65. The quantitative estimate of drug-likeness (QED) is 0.198. The van der Waals surface area contributed by atoms with Gasteiger partial charge in [0, 0.05) is 18.9 Å². The van der Waals surface area contributed by atoms with Gasteiger partial charge in [0.15, 0.2) is 25.0 Å². The van der Waals surface area contributed by atoms with E-state index < -0.39 is 25.0 Å². The van der Waals surface area contributed by atoms with Crippen molar-refractivity contribution in [3.8, 4) is 0 Å². The maximum absolute atomic E-state index is 7.08. The summed E-state index contributed by atoms with van der Waals surface area (Å²) in [4.78, 5) is 0. The van der Waals surface area contributed by atoms with Gasteiger partial charge in [0.05, 0.1) is 24.4 Å². The van der Waals surface area contributed by atoms with Crippen molar-refractivity contribution in [2.45, 2.75) is 161 Å². The third kappa shape index (κ3) is 8.62. The molecule has 1 fully saturated rings. The topological polar surface area (TPSA) is 36.9 Å². The SMILES string of the molecule is C=C[C@@H](C)[C@@H]1O[C@H](CCO[Si](C)(C)C(C)(C)C)[C@H](O[Si](C)(C)C(C)(C)C)C[C@@H]1O[Si](C)(C)C(C)(C)C. The number of hydrogen-bond donors (Lipinski definition) is 0. The third-order valence-corrected chi connectivity index (χ3v) is 23.2. The summed E-state index contributed by atoms with van der Waals surface area (Å²) in [5.41, 5.74) is 0. The summed E-state index contributed by atoms with van der Waals surface area (Å²) in [7, 11) is -5.81. The van der Waals surface area contributed by atoms with Crippen LogP contribution in [0.3, 0.4) is 0 Å². The monoisotopic (exact) mass is 558 g/mol. The maximum Gasteiger partial charge on any atom is 0.192 e. The lowest BCUT2D eigenvalue weighted by molar-refractivity contribution is -0.174. The Kier molecular flexibility index (Phi) is 11.2. The third-order valence-electron chi connectivity index (χ3n) is 9.64. The summed E-state index contributed by atoms with van der Waals surface area (Å²) < 4.78 is 27.6. The van der Waals surface area contributed by atoms with Crippen LogP contribution in [0.4, 0.5) is 0 Å². The summed E-state index contributed by atoms with van der Waals surface area (Å²) in [6, 6.07) is 0. The normalized spacial score (nSPS) is 26.1. The molecule has 1 rings (SSSR count). The number of hydrogen-bond acceptors (Lipinski definition) is 4. The Balaban J connectivity index is 3.29. The first-order chi connectivity index (χ1) is 15.9. The molecule has 0 spiro atoms. The minimum Gasteiger partial charge on any atom is -0.417 e. The molecule has 0 saturated carbocycles. The van der Waals surface area contributed by atoms with Gasteiger partial charge >= 0.3 is 0 Å². The Morgan fingerprint density at radius 1 is 0.778 bits per heavy atom. The van der Waals surface area contributed by atoms with E-state index in [1.54, 1.807) is 0 Å². The van der Waals surface area contributed by atoms with Gasteiger partial charge in [0.1, 0.15) is 0 Å². The van der Waals surface area contributed by atoms with E-state index in [4.69, 9.17) is 18.0 Å². The first-order valence-corrected chi connectivity index (χ1v) is 22.9. The standard InChI is InChI=1S/C29H62O4Si3/c1-18-22(2)26-25(33-36(16,17)29(9,10)11)21-24(32-35(14,15)28(6,7)8)23(31-26)19-20-30-34(12,13)27(3,4)5/h18,22-26H,1,19-21H2,2-17H3/t22-,23-,24-,25+,26+/m1/s1. The summed E-state index contributed by atoms with van der Waals surface area (Å²) >= 11 is 0. The fraction of sp³-hybridized carbons (Fsp3) is 0.931. The van der Waals surface area contributed by atoms with Crippen LogP contribution in [-0.2, 0) is 18.0 Å². The Labute approximate surface area is 228 Å². The van der Waals surface area contributed by atoms with Crippen molar-refractivity contribution in [3.05, 3.63) is 12.7 Å². The van der Waals surface area contributed by atoms with Crippen molar-refractivity contribution in [3.63, 3.8) is 0 Å². The van der Waals surface area contributed by atoms with Crippen molar-refractivity contribution in [2.24, 2.45) is 5.92 Å². The first kappa shape index (κ1) is 34.3. The second-order valence-electron chi connectivity index (χ2n) is 15.7. The molecule has 214 valence electrons. The minimum atomic E-state index is -2.00. The van der Waals surface area contributed by atoms with Gasteiger partial charge in [-0.05, 0) is 60.8 Å². The molecule has 1 saturated heterocycles. The van der Waals surface area contributed by atoms with Crippen molar-refractivity contribution in [2.75, 3.05) is 6.61 Å². The van der Waals surface area contributed by atoms with Crippen LogP contribution in [0, 0.1) is 5.92 Å². The fourth-order valence-electron chi connectivity index (χ4n) is 3.74. The van der Waals surface area contributed by atoms with Crippen molar-refractivity contribution in [1.82, 2.24) is 0 Å². The molecule has 0 aromatic rings. The van der Waals surface area contributed by atoms with Crippen LogP contribution in [0.15, 0.2) is 12.7 Å². The van der Waals surface area contributed by atoms with Gasteiger partial charge in [0.2, 0.25) is 0 Å². The Morgan fingerprint density at radius 3 is 1.58 bits per heavy atom. The van der Waals surface area contributed by atoms with E-state index in [1.807, 2.05) is 6.08 Å². The zero-order valence-electron chi connectivity index (χ0n) is 26.9. The molecule has 0 aromatic carbocycles. The molecule has 7 heteroatoms. The average molecular weight is 559 g/mol. The van der Waals surface area contributed by atoms with Gasteiger partial charge in [-0.15, -0.1) is 6.58 Å². The van der Waals surface area contributed by atoms with Gasteiger partial charge in [-0.3, -0.25) is 0 Å². The second kappa shape index (κ2) is 11.8. The van der Waals surface area contributed by atoms with Gasteiger partial charge in [-0.25, -0.2) is 0 Å². The summed E-state index contributed by atoms with van der Waals surface area (Å²) in [5, 5.41) is 0.467. The smallest absolute Gasteiger partial charge is 0.192 e. The molecule has 0 N–H and O–H groups in total. The van der Waals surface area contributed by atoms with Crippen LogP contribution in [0.25, 0.3) is 0 Å². The van der Waals surface area contributed by atoms with Gasteiger partial charge in [-0.1, -0.05) is 75.3 Å². The fourth-order valence-corrected chi connectivity index (χ4v) is 7.50. The number of rotatable bonds is 10. The van der Waals surface area contributed by atoms with E-state index in [9.17, 15) is 0 Å².